The lowest BCUT2D eigenvalue weighted by atomic mass is 9.41. The van der Waals surface area contributed by atoms with Gasteiger partial charge in [-0.1, -0.05) is 136 Å². The second-order valence-electron chi connectivity index (χ2n) is 9.12. The maximum absolute atomic E-state index is 6.05. The van der Waals surface area contributed by atoms with Gasteiger partial charge in [0, 0.05) is 28.6 Å². The van der Waals surface area contributed by atoms with Crippen molar-refractivity contribution in [3.63, 3.8) is 0 Å². The van der Waals surface area contributed by atoms with Gasteiger partial charge in [-0.05, 0) is 24.3 Å². The van der Waals surface area contributed by atoms with Gasteiger partial charge in [-0.2, -0.15) is 0 Å². The van der Waals surface area contributed by atoms with Crippen LogP contribution in [-0.2, 0) is 6.17 Å². The van der Waals surface area contributed by atoms with E-state index in [2.05, 4.69) is 95.5 Å². The van der Waals surface area contributed by atoms with Gasteiger partial charge < -0.3 is 4.57 Å². The average molecular weight is 539 g/mol. The zero-order valence-electron chi connectivity index (χ0n) is 20.8. The summed E-state index contributed by atoms with van der Waals surface area (Å²) in [5.41, 5.74) is 2.58. The molecule has 5 aromatic rings. The summed E-state index contributed by atoms with van der Waals surface area (Å²) in [5.74, 6) is 1.99. The van der Waals surface area contributed by atoms with Crippen molar-refractivity contribution >= 4 is 59.3 Å². The monoisotopic (exact) mass is 538 g/mol. The Bertz CT molecular complexity index is 1290. The topological polar surface area (TPSA) is 17.8 Å². The molecule has 0 aliphatic carbocycles. The van der Waals surface area contributed by atoms with E-state index >= 15 is 0 Å². The van der Waals surface area contributed by atoms with Crippen molar-refractivity contribution in [2.45, 2.75) is 12.7 Å². The third kappa shape index (κ3) is 6.92. The first-order valence-corrected chi connectivity index (χ1v) is 15.7. The number of aromatic nitrogens is 2. The van der Waals surface area contributed by atoms with Crippen molar-refractivity contribution in [2.75, 3.05) is 0 Å². The van der Waals surface area contributed by atoms with Gasteiger partial charge in [0.25, 0.3) is 0 Å². The van der Waals surface area contributed by atoms with Crippen molar-refractivity contribution in [3.8, 4) is 0 Å². The number of nitrogens with zero attached hydrogens (tertiary/aromatic N) is 2. The highest BCUT2D eigenvalue weighted by Gasteiger charge is 2.32. The van der Waals surface area contributed by atoms with Gasteiger partial charge in [0.1, 0.15) is 8.07 Å². The molecule has 0 aliphatic heterocycles. The molecule has 0 unspecified atom stereocenters. The largest absolute Gasteiger partial charge is 0.340 e. The standard InChI is InChI=1S/C17H16Cl2N2Si.C14H13B/c1-22(13-21-11-10-20-12-21,16-6-2-14(18)3-7-16)17-8-4-15(19)5-9-17;1-2-15(13-9-5-3-6-10-13)14-11-7-4-8-12-14/h2-12H,13H2,1H3;2-12H,1H2. The van der Waals surface area contributed by atoms with E-state index in [-0.39, 0.29) is 0 Å². The number of imidazole rings is 1. The fourth-order valence-electron chi connectivity index (χ4n) is 4.52. The van der Waals surface area contributed by atoms with E-state index in [1.807, 2.05) is 61.1 Å². The first-order chi connectivity index (χ1) is 18.0. The van der Waals surface area contributed by atoms with E-state index in [4.69, 9.17) is 23.2 Å². The van der Waals surface area contributed by atoms with E-state index in [1.165, 1.54) is 21.3 Å². The molecule has 6 heteroatoms. The number of hydrogen-bond acceptors (Lipinski definition) is 1. The minimum Gasteiger partial charge on any atom is -0.340 e. The first-order valence-electron chi connectivity index (χ1n) is 12.2. The summed E-state index contributed by atoms with van der Waals surface area (Å²) in [7, 11) is -1.95. The summed E-state index contributed by atoms with van der Waals surface area (Å²) in [4.78, 5) is 4.16. The number of halogens is 2. The highest BCUT2D eigenvalue weighted by atomic mass is 35.5. The van der Waals surface area contributed by atoms with Crippen LogP contribution in [-0.4, -0.2) is 24.3 Å². The molecule has 0 radical (unpaired) electrons. The molecule has 0 saturated heterocycles. The lowest BCUT2D eigenvalue weighted by Crippen LogP contribution is -2.58. The normalized spacial score (nSPS) is 10.8. The van der Waals surface area contributed by atoms with Gasteiger partial charge in [0.15, 0.2) is 0 Å². The van der Waals surface area contributed by atoms with Crippen LogP contribution in [0.2, 0.25) is 16.6 Å². The quantitative estimate of drug-likeness (QED) is 0.245. The molecule has 0 atom stereocenters. The number of rotatable bonds is 7. The fraction of sp³-hybridized carbons (Fsp3) is 0.0645. The van der Waals surface area contributed by atoms with Gasteiger partial charge in [0.05, 0.1) is 6.33 Å². The van der Waals surface area contributed by atoms with Crippen LogP contribution in [0.25, 0.3) is 0 Å². The molecule has 0 fully saturated rings. The van der Waals surface area contributed by atoms with E-state index in [9.17, 15) is 0 Å². The Labute approximate surface area is 231 Å². The van der Waals surface area contributed by atoms with Crippen molar-refractivity contribution in [1.82, 2.24) is 9.55 Å². The van der Waals surface area contributed by atoms with Crippen molar-refractivity contribution in [1.29, 1.82) is 0 Å². The van der Waals surface area contributed by atoms with E-state index < -0.39 is 8.07 Å². The summed E-state index contributed by atoms with van der Waals surface area (Å²) in [6, 6.07) is 37.3. The fourth-order valence-corrected chi connectivity index (χ4v) is 8.19. The van der Waals surface area contributed by atoms with Crippen LogP contribution in [0, 0.1) is 0 Å². The van der Waals surface area contributed by atoms with Gasteiger partial charge in [-0.3, -0.25) is 0 Å². The maximum Gasteiger partial charge on any atom is 0.233 e. The highest BCUT2D eigenvalue weighted by molar-refractivity contribution is 7.00. The molecule has 184 valence electrons. The Morgan fingerprint density at radius 1 is 0.757 bits per heavy atom. The molecule has 37 heavy (non-hydrogen) atoms. The van der Waals surface area contributed by atoms with Crippen LogP contribution >= 0.6 is 23.2 Å². The molecule has 0 bridgehead atoms. The number of benzene rings is 4. The van der Waals surface area contributed by atoms with Gasteiger partial charge >= 0.3 is 0 Å². The number of hydrogen-bond donors (Lipinski definition) is 0. The van der Waals surface area contributed by atoms with Gasteiger partial charge in [0.2, 0.25) is 6.71 Å². The summed E-state index contributed by atoms with van der Waals surface area (Å²) in [6.07, 6.45) is 6.63. The second-order valence-corrected chi connectivity index (χ2v) is 14.1. The smallest absolute Gasteiger partial charge is 0.233 e. The molecule has 0 N–H and O–H groups in total. The Hall–Kier alpha value is -3.31. The molecular formula is C31H29BCl2N2Si. The molecule has 0 spiro atoms. The summed E-state index contributed by atoms with van der Waals surface area (Å²) in [5, 5.41) is 4.21. The third-order valence-corrected chi connectivity index (χ3v) is 11.3. The predicted octanol–water partition coefficient (Wildman–Crippen LogP) is 5.64. The lowest BCUT2D eigenvalue weighted by Gasteiger charge is -2.29. The Morgan fingerprint density at radius 3 is 1.59 bits per heavy atom. The minimum absolute atomic E-state index is 0.299. The Balaban J connectivity index is 0.000000186. The second kappa shape index (κ2) is 12.8. The molecule has 0 saturated carbocycles. The molecule has 4 aromatic carbocycles. The Kier molecular flexibility index (Phi) is 9.24. The summed E-state index contributed by atoms with van der Waals surface area (Å²) in [6.45, 7) is 6.57. The molecular weight excluding hydrogens is 510 g/mol. The third-order valence-electron chi connectivity index (χ3n) is 6.57. The van der Waals surface area contributed by atoms with Crippen LogP contribution in [0.15, 0.2) is 140 Å². The maximum atomic E-state index is 6.05. The van der Waals surface area contributed by atoms with Crippen molar-refractivity contribution in [3.05, 3.63) is 151 Å². The van der Waals surface area contributed by atoms with E-state index in [1.54, 1.807) is 0 Å². The van der Waals surface area contributed by atoms with Crippen LogP contribution in [0.5, 0.6) is 0 Å². The van der Waals surface area contributed by atoms with E-state index in [0.717, 1.165) is 16.2 Å². The average Bonchev–Trinajstić information content (AvgIpc) is 3.44. The summed E-state index contributed by atoms with van der Waals surface area (Å²) < 4.78 is 2.15. The first kappa shape index (κ1) is 26.7. The molecule has 5 rings (SSSR count). The Morgan fingerprint density at radius 2 is 1.22 bits per heavy atom. The minimum atomic E-state index is -1.95. The van der Waals surface area contributed by atoms with E-state index in [0.29, 0.717) is 6.71 Å². The zero-order valence-corrected chi connectivity index (χ0v) is 23.4. The molecule has 0 aliphatic rings. The van der Waals surface area contributed by atoms with Gasteiger partial charge in [-0.15, -0.1) is 12.6 Å². The molecule has 2 nitrogen and oxygen atoms in total. The van der Waals surface area contributed by atoms with Crippen LogP contribution in [0.3, 0.4) is 0 Å². The van der Waals surface area contributed by atoms with Crippen LogP contribution in [0.1, 0.15) is 0 Å². The zero-order chi connectivity index (χ0) is 26.1. The van der Waals surface area contributed by atoms with Gasteiger partial charge in [-0.25, -0.2) is 4.98 Å². The predicted molar refractivity (Wildman–Crippen MR) is 164 cm³/mol. The van der Waals surface area contributed by atoms with Crippen LogP contribution in [0.4, 0.5) is 0 Å². The van der Waals surface area contributed by atoms with Crippen LogP contribution < -0.4 is 21.3 Å². The molecule has 0 amide bonds. The highest BCUT2D eigenvalue weighted by Crippen LogP contribution is 2.14. The molecule has 1 aromatic heterocycles. The lowest BCUT2D eigenvalue weighted by molar-refractivity contribution is 0.858. The molecule has 1 heterocycles. The van der Waals surface area contributed by atoms with Crippen molar-refractivity contribution in [2.24, 2.45) is 0 Å². The summed E-state index contributed by atoms with van der Waals surface area (Å²) >= 11 is 12.1. The van der Waals surface area contributed by atoms with Crippen molar-refractivity contribution < 1.29 is 0 Å². The SMILES string of the molecule is C=CB(c1ccccc1)c1ccccc1.C[Si](Cn1ccnc1)(c1ccc(Cl)cc1)c1ccc(Cl)cc1.